The van der Waals surface area contributed by atoms with E-state index in [1.165, 1.54) is 12.1 Å². The first-order chi connectivity index (χ1) is 21.6. The highest BCUT2D eigenvalue weighted by Gasteiger charge is 2.30. The average Bonchev–Trinajstić information content (AvgIpc) is 3.01. The summed E-state index contributed by atoms with van der Waals surface area (Å²) in [4.78, 5) is 16.9. The third kappa shape index (κ3) is 7.45. The van der Waals surface area contributed by atoms with Gasteiger partial charge in [-0.15, -0.1) is 0 Å². The van der Waals surface area contributed by atoms with Crippen molar-refractivity contribution >= 4 is 22.4 Å². The fraction of sp³-hybridized carbons (Fsp3) is 0.343. The Labute approximate surface area is 261 Å². The molecule has 2 aliphatic rings. The summed E-state index contributed by atoms with van der Waals surface area (Å²) in [6.07, 6.45) is -1.04. The molecule has 0 fully saturated rings. The van der Waals surface area contributed by atoms with Crippen molar-refractivity contribution in [2.24, 2.45) is 10.9 Å². The number of hydrogen-bond acceptors (Lipinski definition) is 6. The van der Waals surface area contributed by atoms with E-state index in [-0.39, 0.29) is 6.04 Å². The highest BCUT2D eigenvalue weighted by atomic mass is 19.4. The molecule has 5 rings (SSSR count). The Morgan fingerprint density at radius 2 is 1.76 bits per heavy atom. The van der Waals surface area contributed by atoms with Crippen molar-refractivity contribution in [3.63, 3.8) is 0 Å². The van der Waals surface area contributed by atoms with E-state index in [2.05, 4.69) is 43.0 Å². The largest absolute Gasteiger partial charge is 0.480 e. The zero-order valence-corrected chi connectivity index (χ0v) is 26.3. The van der Waals surface area contributed by atoms with Crippen LogP contribution in [-0.4, -0.2) is 52.7 Å². The highest BCUT2D eigenvalue weighted by Crippen LogP contribution is 2.34. The minimum absolute atomic E-state index is 0.0429. The van der Waals surface area contributed by atoms with Gasteiger partial charge in [-0.25, -0.2) is 9.97 Å². The van der Waals surface area contributed by atoms with E-state index in [1.54, 1.807) is 13.3 Å². The Morgan fingerprint density at radius 1 is 1.00 bits per heavy atom. The minimum atomic E-state index is -4.43. The molecule has 0 spiro atoms. The molecule has 1 atom stereocenters. The van der Waals surface area contributed by atoms with Gasteiger partial charge in [0.1, 0.15) is 5.69 Å². The summed E-state index contributed by atoms with van der Waals surface area (Å²) in [5, 5.41) is 4.18. The van der Waals surface area contributed by atoms with Gasteiger partial charge in [0.15, 0.2) is 0 Å². The molecule has 2 heterocycles. The molecule has 3 aromatic rings. The Balaban J connectivity index is 1.71. The second-order valence-corrected chi connectivity index (χ2v) is 11.7. The molecule has 1 unspecified atom stereocenters. The molecule has 1 aromatic heterocycles. The number of para-hydroxylation sites is 2. The lowest BCUT2D eigenvalue weighted by Gasteiger charge is -2.22. The maximum absolute atomic E-state index is 13.4. The number of pyridine rings is 1. The van der Waals surface area contributed by atoms with E-state index in [9.17, 15) is 13.2 Å². The monoisotopic (exact) mass is 616 g/mol. The van der Waals surface area contributed by atoms with Crippen LogP contribution >= 0.6 is 0 Å². The van der Waals surface area contributed by atoms with Crippen molar-refractivity contribution < 1.29 is 17.9 Å². The second-order valence-electron chi connectivity index (χ2n) is 11.7. The molecular weight excluding hydrogens is 577 g/mol. The lowest BCUT2D eigenvalue weighted by molar-refractivity contribution is -0.137. The van der Waals surface area contributed by atoms with E-state index in [1.807, 2.05) is 53.1 Å². The van der Waals surface area contributed by atoms with Crippen molar-refractivity contribution in [3.8, 4) is 23.0 Å². The van der Waals surface area contributed by atoms with Gasteiger partial charge >= 0.3 is 6.18 Å². The van der Waals surface area contributed by atoms with Crippen LogP contribution in [0.2, 0.25) is 0 Å². The number of methoxy groups -OCH3 is 1. The lowest BCUT2D eigenvalue weighted by atomic mass is 10.1. The smallest absolute Gasteiger partial charge is 0.416 e. The van der Waals surface area contributed by atoms with E-state index in [4.69, 9.17) is 14.7 Å². The molecule has 0 bridgehead atoms. The summed E-state index contributed by atoms with van der Waals surface area (Å²) in [6.45, 7) is 8.46. The molecule has 0 saturated carbocycles. The summed E-state index contributed by atoms with van der Waals surface area (Å²) < 4.78 is 47.8. The molecule has 10 heteroatoms. The van der Waals surface area contributed by atoms with Crippen LogP contribution in [0.3, 0.4) is 0 Å². The Hall–Kier alpha value is -4.44. The van der Waals surface area contributed by atoms with E-state index < -0.39 is 11.7 Å². The first-order valence-electron chi connectivity index (χ1n) is 15.2. The number of anilines is 2. The number of fused-ring (bicyclic) bond motifs is 2. The summed E-state index contributed by atoms with van der Waals surface area (Å²) in [6, 6.07) is 20.5. The van der Waals surface area contributed by atoms with Crippen LogP contribution in [-0.2, 0) is 6.18 Å². The van der Waals surface area contributed by atoms with Gasteiger partial charge in [0.2, 0.25) is 5.88 Å². The minimum Gasteiger partial charge on any atom is -0.480 e. The van der Waals surface area contributed by atoms with Gasteiger partial charge in [-0.3, -0.25) is 4.99 Å². The van der Waals surface area contributed by atoms with Crippen molar-refractivity contribution in [2.75, 3.05) is 32.6 Å². The number of aromatic nitrogens is 3. The average molecular weight is 617 g/mol. The van der Waals surface area contributed by atoms with Gasteiger partial charge in [0.25, 0.3) is 0 Å². The van der Waals surface area contributed by atoms with Gasteiger partial charge in [-0.1, -0.05) is 32.9 Å². The first kappa shape index (κ1) is 32.0. The van der Waals surface area contributed by atoms with Crippen molar-refractivity contribution in [2.45, 2.75) is 45.8 Å². The molecule has 0 radical (unpaired) electrons. The molecule has 236 valence electrons. The number of nitrogens with zero attached hydrogens (tertiary/aromatic N) is 5. The maximum Gasteiger partial charge on any atom is 0.416 e. The fourth-order valence-electron chi connectivity index (χ4n) is 5.56. The maximum atomic E-state index is 13.4. The summed E-state index contributed by atoms with van der Waals surface area (Å²) in [5.41, 5.74) is 4.16. The number of benzene rings is 3. The van der Waals surface area contributed by atoms with Crippen molar-refractivity contribution in [3.05, 3.63) is 89.9 Å². The number of alkyl halides is 3. The first-order valence-corrected chi connectivity index (χ1v) is 15.2. The topological polar surface area (TPSA) is 67.6 Å². The predicted octanol–water partition coefficient (Wildman–Crippen LogP) is 7.95. The van der Waals surface area contributed by atoms with Crippen LogP contribution in [0.5, 0.6) is 5.88 Å². The van der Waals surface area contributed by atoms with E-state index in [0.29, 0.717) is 39.7 Å². The number of ether oxygens (including phenoxy) is 1. The Morgan fingerprint density at radius 3 is 2.44 bits per heavy atom. The van der Waals surface area contributed by atoms with E-state index in [0.717, 1.165) is 55.0 Å². The number of hydrogen-bond donors (Lipinski definition) is 1. The SMILES string of the molecule is CCC(CCN(C)CC(C)C)N=c1cc2n(-c3ccc(C(F)(F)F)cc3)c3ccccc3nc-2cc1Nc1cccnc1OC. The molecule has 7 nitrogen and oxygen atoms in total. The Bertz CT molecular complexity index is 1780. The third-order valence-corrected chi connectivity index (χ3v) is 7.70. The highest BCUT2D eigenvalue weighted by molar-refractivity contribution is 5.84. The standard InChI is InChI=1S/C35H39F3N6O/c1-6-25(17-19-43(4)22-23(2)3)40-30-21-33-31(20-29(30)42-28-11-9-18-39-34(28)45-5)41-27-10-7-8-12-32(27)44(33)26-15-13-24(14-16-26)35(36,37)38/h7-16,18,20-21,23,25,42H,6,17,19,22H2,1-5H3. The third-order valence-electron chi connectivity index (χ3n) is 7.70. The Kier molecular flexibility index (Phi) is 9.72. The van der Waals surface area contributed by atoms with Crippen molar-refractivity contribution in [1.82, 2.24) is 19.4 Å². The number of rotatable bonds is 11. The quantitative estimate of drug-likeness (QED) is 0.153. The summed E-state index contributed by atoms with van der Waals surface area (Å²) in [5.74, 6) is 1.01. The van der Waals surface area contributed by atoms with Gasteiger partial charge in [-0.05, 0) is 93.0 Å². The summed E-state index contributed by atoms with van der Waals surface area (Å²) in [7, 11) is 3.70. The van der Waals surface area contributed by atoms with Crippen LogP contribution in [0.1, 0.15) is 39.2 Å². The zero-order chi connectivity index (χ0) is 32.1. The fourth-order valence-corrected chi connectivity index (χ4v) is 5.56. The van der Waals surface area contributed by atoms with Crippen LogP contribution in [0.15, 0.2) is 84.0 Å². The second kappa shape index (κ2) is 13.7. The van der Waals surface area contributed by atoms with Crippen molar-refractivity contribution in [1.29, 1.82) is 0 Å². The predicted molar refractivity (Wildman–Crippen MR) is 173 cm³/mol. The van der Waals surface area contributed by atoms with Crippen LogP contribution in [0, 0.1) is 5.92 Å². The molecular formula is C35H39F3N6O. The molecule has 45 heavy (non-hydrogen) atoms. The van der Waals surface area contributed by atoms with Crippen LogP contribution in [0.4, 0.5) is 24.5 Å². The van der Waals surface area contributed by atoms with Crippen LogP contribution in [0.25, 0.3) is 28.1 Å². The lowest BCUT2D eigenvalue weighted by Crippen LogP contribution is -2.27. The molecule has 1 aliphatic carbocycles. The van der Waals surface area contributed by atoms with E-state index >= 15 is 0 Å². The number of nitrogens with one attached hydrogen (secondary N) is 1. The molecule has 1 aliphatic heterocycles. The molecule has 1 N–H and O–H groups in total. The molecule has 2 aromatic carbocycles. The van der Waals surface area contributed by atoms with Gasteiger partial charge in [-0.2, -0.15) is 13.2 Å². The van der Waals surface area contributed by atoms with Crippen LogP contribution < -0.4 is 15.4 Å². The number of halogens is 3. The van der Waals surface area contributed by atoms with Gasteiger partial charge in [0.05, 0.1) is 52.2 Å². The van der Waals surface area contributed by atoms with Gasteiger partial charge in [0, 0.05) is 18.4 Å². The van der Waals surface area contributed by atoms with Gasteiger partial charge < -0.3 is 19.5 Å². The normalized spacial score (nSPS) is 13.2. The molecule has 0 saturated heterocycles. The molecule has 0 amide bonds. The summed E-state index contributed by atoms with van der Waals surface area (Å²) >= 11 is 0. The zero-order valence-electron chi connectivity index (χ0n) is 26.3.